The van der Waals surface area contributed by atoms with Crippen molar-refractivity contribution in [2.75, 3.05) is 0 Å². The zero-order valence-electron chi connectivity index (χ0n) is 14.2. The third-order valence-corrected chi connectivity index (χ3v) is 6.56. The van der Waals surface area contributed by atoms with Gasteiger partial charge in [0.15, 0.2) is 0 Å². The third kappa shape index (κ3) is 3.21. The first-order chi connectivity index (χ1) is 11.7. The molecule has 3 nitrogen and oxygen atoms in total. The van der Waals surface area contributed by atoms with Crippen LogP contribution in [0.15, 0.2) is 24.3 Å². The second-order valence-corrected chi connectivity index (χ2v) is 8.15. The third-order valence-electron chi connectivity index (χ3n) is 6.23. The molecule has 3 aliphatic rings. The van der Waals surface area contributed by atoms with Crippen molar-refractivity contribution in [2.24, 2.45) is 0 Å². The van der Waals surface area contributed by atoms with Gasteiger partial charge in [-0.2, -0.15) is 0 Å². The van der Waals surface area contributed by atoms with E-state index in [-0.39, 0.29) is 5.91 Å². The predicted molar refractivity (Wildman–Crippen MR) is 97.5 cm³/mol. The van der Waals surface area contributed by atoms with Crippen LogP contribution >= 0.6 is 11.6 Å². The number of hydrogen-bond donors (Lipinski definition) is 1. The molecule has 2 unspecified atom stereocenters. The molecule has 3 fully saturated rings. The molecule has 24 heavy (non-hydrogen) atoms. The molecule has 0 aromatic heterocycles. The Morgan fingerprint density at radius 2 is 1.58 bits per heavy atom. The SMILES string of the molecule is O=C(NC1CC2CCCC(C1)N2C1CCCC1)c1ccccc1Cl. The van der Waals surface area contributed by atoms with Crippen molar-refractivity contribution in [3.05, 3.63) is 34.9 Å². The van der Waals surface area contributed by atoms with Gasteiger partial charge in [-0.3, -0.25) is 9.69 Å². The molecular formula is C20H27ClN2O. The van der Waals surface area contributed by atoms with E-state index in [2.05, 4.69) is 10.2 Å². The average molecular weight is 347 g/mol. The van der Waals surface area contributed by atoms with Crippen LogP contribution in [-0.4, -0.2) is 35.0 Å². The van der Waals surface area contributed by atoms with Crippen molar-refractivity contribution in [3.8, 4) is 0 Å². The fraction of sp³-hybridized carbons (Fsp3) is 0.650. The van der Waals surface area contributed by atoms with E-state index in [0.717, 1.165) is 18.9 Å². The minimum atomic E-state index is -0.0158. The summed E-state index contributed by atoms with van der Waals surface area (Å²) in [6.07, 6.45) is 11.7. The van der Waals surface area contributed by atoms with Crippen molar-refractivity contribution in [1.29, 1.82) is 0 Å². The highest BCUT2D eigenvalue weighted by molar-refractivity contribution is 6.33. The summed E-state index contributed by atoms with van der Waals surface area (Å²) in [6, 6.07) is 9.76. The van der Waals surface area contributed by atoms with Gasteiger partial charge in [-0.15, -0.1) is 0 Å². The van der Waals surface area contributed by atoms with Gasteiger partial charge in [-0.05, 0) is 50.7 Å². The number of fused-ring (bicyclic) bond motifs is 2. The maximum atomic E-state index is 12.6. The van der Waals surface area contributed by atoms with Crippen molar-refractivity contribution in [2.45, 2.75) is 82.0 Å². The highest BCUT2D eigenvalue weighted by Crippen LogP contribution is 2.39. The van der Waals surface area contributed by atoms with E-state index in [1.807, 2.05) is 18.2 Å². The van der Waals surface area contributed by atoms with E-state index in [0.29, 0.717) is 28.7 Å². The fourth-order valence-electron chi connectivity index (χ4n) is 5.24. The second-order valence-electron chi connectivity index (χ2n) is 7.75. The summed E-state index contributed by atoms with van der Waals surface area (Å²) in [4.78, 5) is 15.4. The lowest BCUT2D eigenvalue weighted by Gasteiger charge is -2.51. The number of benzene rings is 1. The maximum Gasteiger partial charge on any atom is 0.253 e. The van der Waals surface area contributed by atoms with Crippen LogP contribution in [0.5, 0.6) is 0 Å². The molecule has 1 aromatic rings. The van der Waals surface area contributed by atoms with E-state index >= 15 is 0 Å². The molecule has 1 amide bonds. The number of hydrogen-bond acceptors (Lipinski definition) is 2. The zero-order valence-corrected chi connectivity index (χ0v) is 15.0. The van der Waals surface area contributed by atoms with Crippen molar-refractivity contribution in [3.63, 3.8) is 0 Å². The molecule has 2 aliphatic heterocycles. The van der Waals surface area contributed by atoms with Crippen LogP contribution in [0.3, 0.4) is 0 Å². The molecule has 2 saturated heterocycles. The monoisotopic (exact) mass is 346 g/mol. The highest BCUT2D eigenvalue weighted by Gasteiger charge is 2.42. The molecule has 0 spiro atoms. The molecule has 1 aromatic carbocycles. The summed E-state index contributed by atoms with van der Waals surface area (Å²) < 4.78 is 0. The molecule has 2 heterocycles. The van der Waals surface area contributed by atoms with E-state index in [9.17, 15) is 4.79 Å². The van der Waals surface area contributed by atoms with Crippen LogP contribution in [0.2, 0.25) is 5.02 Å². The Morgan fingerprint density at radius 3 is 2.25 bits per heavy atom. The van der Waals surface area contributed by atoms with Gasteiger partial charge in [-0.1, -0.05) is 43.0 Å². The lowest BCUT2D eigenvalue weighted by molar-refractivity contribution is -0.00807. The van der Waals surface area contributed by atoms with Gasteiger partial charge < -0.3 is 5.32 Å². The fourth-order valence-corrected chi connectivity index (χ4v) is 5.46. The molecule has 4 rings (SSSR count). The van der Waals surface area contributed by atoms with E-state index in [4.69, 9.17) is 11.6 Å². The van der Waals surface area contributed by atoms with Gasteiger partial charge in [0.05, 0.1) is 10.6 Å². The van der Waals surface area contributed by atoms with Gasteiger partial charge in [0.2, 0.25) is 0 Å². The summed E-state index contributed by atoms with van der Waals surface area (Å²) in [7, 11) is 0. The second kappa shape index (κ2) is 7.05. The summed E-state index contributed by atoms with van der Waals surface area (Å²) in [5.41, 5.74) is 0.600. The normalized spacial score (nSPS) is 31.1. The summed E-state index contributed by atoms with van der Waals surface area (Å²) in [5, 5.41) is 3.81. The topological polar surface area (TPSA) is 32.3 Å². The number of nitrogens with zero attached hydrogens (tertiary/aromatic N) is 1. The molecule has 1 N–H and O–H groups in total. The summed E-state index contributed by atoms with van der Waals surface area (Å²) in [5.74, 6) is -0.0158. The predicted octanol–water partition coefficient (Wildman–Crippen LogP) is 4.40. The number of nitrogens with one attached hydrogen (secondary N) is 1. The van der Waals surface area contributed by atoms with Crippen LogP contribution in [0.1, 0.15) is 68.1 Å². The van der Waals surface area contributed by atoms with Gasteiger partial charge in [-0.25, -0.2) is 0 Å². The Hall–Kier alpha value is -1.06. The standard InChI is InChI=1S/C20H27ClN2O/c21-19-11-4-3-10-18(19)20(24)22-14-12-16-8-5-9-17(13-14)23(16)15-6-1-2-7-15/h3-4,10-11,14-17H,1-2,5-9,12-13H2,(H,22,24). The number of carbonyl (C=O) groups excluding carboxylic acids is 1. The Kier molecular flexibility index (Phi) is 4.82. The molecule has 1 saturated carbocycles. The number of rotatable bonds is 3. The quantitative estimate of drug-likeness (QED) is 0.879. The molecule has 1 aliphatic carbocycles. The maximum absolute atomic E-state index is 12.6. The van der Waals surface area contributed by atoms with E-state index in [1.54, 1.807) is 6.07 Å². The van der Waals surface area contributed by atoms with Crippen molar-refractivity contribution >= 4 is 17.5 Å². The molecule has 0 radical (unpaired) electrons. The van der Waals surface area contributed by atoms with Gasteiger partial charge in [0.1, 0.15) is 0 Å². The van der Waals surface area contributed by atoms with Gasteiger partial charge in [0, 0.05) is 24.2 Å². The minimum absolute atomic E-state index is 0.0158. The first-order valence-corrected chi connectivity index (χ1v) is 9.93. The van der Waals surface area contributed by atoms with Crippen LogP contribution < -0.4 is 5.32 Å². The minimum Gasteiger partial charge on any atom is -0.349 e. The van der Waals surface area contributed by atoms with E-state index in [1.165, 1.54) is 44.9 Å². The molecule has 2 atom stereocenters. The number of amides is 1. The smallest absolute Gasteiger partial charge is 0.253 e. The highest BCUT2D eigenvalue weighted by atomic mass is 35.5. The largest absolute Gasteiger partial charge is 0.349 e. The van der Waals surface area contributed by atoms with E-state index < -0.39 is 0 Å². The number of carbonyl (C=O) groups is 1. The lowest BCUT2D eigenvalue weighted by atomic mass is 9.80. The van der Waals surface area contributed by atoms with Gasteiger partial charge in [0.25, 0.3) is 5.91 Å². The van der Waals surface area contributed by atoms with Crippen LogP contribution in [-0.2, 0) is 0 Å². The molecule has 4 heteroatoms. The summed E-state index contributed by atoms with van der Waals surface area (Å²) >= 11 is 6.17. The Bertz CT molecular complexity index is 585. The van der Waals surface area contributed by atoms with Crippen molar-refractivity contribution < 1.29 is 4.79 Å². The zero-order chi connectivity index (χ0) is 16.5. The molecular weight excluding hydrogens is 320 g/mol. The van der Waals surface area contributed by atoms with Crippen molar-refractivity contribution in [1.82, 2.24) is 10.2 Å². The first-order valence-electron chi connectivity index (χ1n) is 9.55. The van der Waals surface area contributed by atoms with Crippen LogP contribution in [0, 0.1) is 0 Å². The van der Waals surface area contributed by atoms with Gasteiger partial charge >= 0.3 is 0 Å². The molecule has 2 bridgehead atoms. The Labute approximate surface area is 149 Å². The lowest BCUT2D eigenvalue weighted by Crippen LogP contribution is -2.59. The average Bonchev–Trinajstić information content (AvgIpc) is 3.08. The first kappa shape index (κ1) is 16.4. The number of piperidine rings is 2. The Morgan fingerprint density at radius 1 is 0.958 bits per heavy atom. The summed E-state index contributed by atoms with van der Waals surface area (Å²) in [6.45, 7) is 0. The Balaban J connectivity index is 1.43. The number of halogens is 1. The van der Waals surface area contributed by atoms with Crippen LogP contribution in [0.4, 0.5) is 0 Å². The van der Waals surface area contributed by atoms with Crippen LogP contribution in [0.25, 0.3) is 0 Å². The molecule has 130 valence electrons.